The lowest BCUT2D eigenvalue weighted by molar-refractivity contribution is -0.0212. The molecule has 4 rings (SSSR count). The summed E-state index contributed by atoms with van der Waals surface area (Å²) < 4.78 is 38.2. The van der Waals surface area contributed by atoms with Gasteiger partial charge in [0.2, 0.25) is 10.0 Å². The van der Waals surface area contributed by atoms with Crippen LogP contribution in [0.4, 0.5) is 0 Å². The van der Waals surface area contributed by atoms with Gasteiger partial charge in [-0.25, -0.2) is 8.42 Å². The molecule has 2 saturated heterocycles. The summed E-state index contributed by atoms with van der Waals surface area (Å²) >= 11 is 0. The minimum atomic E-state index is -3.63. The molecule has 1 unspecified atom stereocenters. The van der Waals surface area contributed by atoms with Crippen molar-refractivity contribution < 1.29 is 22.4 Å². The minimum absolute atomic E-state index is 0.0127. The van der Waals surface area contributed by atoms with Gasteiger partial charge in [0.15, 0.2) is 5.76 Å². The van der Waals surface area contributed by atoms with Gasteiger partial charge in [-0.15, -0.1) is 0 Å². The predicted molar refractivity (Wildman–Crippen MR) is 120 cm³/mol. The third kappa shape index (κ3) is 5.23. The van der Waals surface area contributed by atoms with E-state index in [1.165, 1.54) is 15.9 Å². The van der Waals surface area contributed by atoms with E-state index in [1.807, 2.05) is 12.1 Å². The zero-order valence-electron chi connectivity index (χ0n) is 18.7. The van der Waals surface area contributed by atoms with Gasteiger partial charge in [-0.2, -0.15) is 4.31 Å². The lowest BCUT2D eigenvalue weighted by Gasteiger charge is -2.31. The number of hydrogen-bond acceptors (Lipinski definition) is 6. The minimum Gasteiger partial charge on any atom is -0.455 e. The molecule has 2 fully saturated rings. The number of morpholine rings is 1. The van der Waals surface area contributed by atoms with E-state index >= 15 is 0 Å². The van der Waals surface area contributed by atoms with Crippen molar-refractivity contribution in [2.45, 2.75) is 50.8 Å². The fourth-order valence-electron chi connectivity index (χ4n) is 4.30. The van der Waals surface area contributed by atoms with Gasteiger partial charge in [0, 0.05) is 45.3 Å². The van der Waals surface area contributed by atoms with Crippen LogP contribution < -0.4 is 5.32 Å². The first-order chi connectivity index (χ1) is 15.3. The molecule has 1 amide bonds. The second-order valence-electron chi connectivity index (χ2n) is 8.56. The number of carbonyl (C=O) groups excluding carboxylic acids is 1. The predicted octanol–water partition coefficient (Wildman–Crippen LogP) is 2.52. The molecular formula is C23H31N3O5S. The number of amides is 1. The van der Waals surface area contributed by atoms with Crippen LogP contribution in [0.5, 0.6) is 0 Å². The average Bonchev–Trinajstić information content (AvgIpc) is 3.43. The van der Waals surface area contributed by atoms with Crippen molar-refractivity contribution in [2.24, 2.45) is 0 Å². The van der Waals surface area contributed by atoms with Crippen LogP contribution in [0, 0.1) is 6.92 Å². The van der Waals surface area contributed by atoms with Crippen LogP contribution in [0.3, 0.4) is 0 Å². The number of ether oxygens (including phenoxy) is 1. The van der Waals surface area contributed by atoms with Crippen LogP contribution in [0.25, 0.3) is 0 Å². The second kappa shape index (κ2) is 9.74. The van der Waals surface area contributed by atoms with E-state index in [4.69, 9.17) is 9.15 Å². The molecule has 1 atom stereocenters. The van der Waals surface area contributed by atoms with Crippen molar-refractivity contribution in [3.05, 3.63) is 53.0 Å². The summed E-state index contributed by atoms with van der Waals surface area (Å²) in [5.41, 5.74) is 2.16. The third-order valence-electron chi connectivity index (χ3n) is 5.95. The van der Waals surface area contributed by atoms with Gasteiger partial charge < -0.3 is 14.5 Å². The molecule has 8 nitrogen and oxygen atoms in total. The maximum atomic E-state index is 12.8. The zero-order chi connectivity index (χ0) is 22.7. The molecule has 2 aliphatic heterocycles. The third-order valence-corrected chi connectivity index (χ3v) is 7.96. The van der Waals surface area contributed by atoms with Crippen LogP contribution in [0.2, 0.25) is 0 Å². The molecule has 0 bridgehead atoms. The molecule has 0 aliphatic carbocycles. The molecule has 1 N–H and O–H groups in total. The molecule has 32 heavy (non-hydrogen) atoms. The van der Waals surface area contributed by atoms with Crippen LogP contribution in [-0.2, 0) is 27.8 Å². The quantitative estimate of drug-likeness (QED) is 0.681. The fourth-order valence-corrected chi connectivity index (χ4v) is 5.98. The highest BCUT2D eigenvalue weighted by Gasteiger charge is 2.31. The van der Waals surface area contributed by atoms with E-state index in [0.29, 0.717) is 19.6 Å². The molecule has 2 aromatic rings. The van der Waals surface area contributed by atoms with E-state index in [0.717, 1.165) is 44.6 Å². The Labute approximate surface area is 189 Å². The Morgan fingerprint density at radius 2 is 1.91 bits per heavy atom. The molecule has 174 valence electrons. The first-order valence-electron chi connectivity index (χ1n) is 11.1. The summed E-state index contributed by atoms with van der Waals surface area (Å²) in [6.45, 7) is 8.40. The number of nitrogens with one attached hydrogen (secondary N) is 1. The molecule has 0 radical (unpaired) electrons. The molecule has 0 spiro atoms. The summed E-state index contributed by atoms with van der Waals surface area (Å²) in [6, 6.07) is 9.45. The molecule has 0 saturated carbocycles. The second-order valence-corrected chi connectivity index (χ2v) is 10.5. The maximum absolute atomic E-state index is 12.8. The number of sulfonamides is 1. The van der Waals surface area contributed by atoms with Gasteiger partial charge in [-0.05, 0) is 37.8 Å². The van der Waals surface area contributed by atoms with Crippen LogP contribution in [0.15, 0.2) is 39.6 Å². The summed E-state index contributed by atoms with van der Waals surface area (Å²) in [5.74, 6) is -0.175. The Morgan fingerprint density at radius 1 is 1.16 bits per heavy atom. The topological polar surface area (TPSA) is 92.1 Å². The molecule has 2 aliphatic rings. The van der Waals surface area contributed by atoms with Crippen molar-refractivity contribution in [1.29, 1.82) is 0 Å². The number of carbonyl (C=O) groups is 1. The van der Waals surface area contributed by atoms with Gasteiger partial charge in [0.1, 0.15) is 10.7 Å². The van der Waals surface area contributed by atoms with E-state index in [1.54, 1.807) is 6.92 Å². The number of benzene rings is 1. The van der Waals surface area contributed by atoms with E-state index in [2.05, 4.69) is 29.3 Å². The van der Waals surface area contributed by atoms with E-state index < -0.39 is 15.9 Å². The summed E-state index contributed by atoms with van der Waals surface area (Å²) in [4.78, 5) is 15.1. The average molecular weight is 462 g/mol. The monoisotopic (exact) mass is 461 g/mol. The number of furan rings is 1. The Balaban J connectivity index is 1.38. The molecule has 1 aromatic heterocycles. The number of hydrogen-bond donors (Lipinski definition) is 1. The first-order valence-corrected chi connectivity index (χ1v) is 12.6. The summed E-state index contributed by atoms with van der Waals surface area (Å²) in [6.07, 6.45) is 1.95. The van der Waals surface area contributed by atoms with Crippen LogP contribution in [-0.4, -0.2) is 62.4 Å². The highest BCUT2D eigenvalue weighted by atomic mass is 32.2. The molecule has 9 heteroatoms. The summed E-state index contributed by atoms with van der Waals surface area (Å²) in [7, 11) is -3.63. The lowest BCUT2D eigenvalue weighted by atomic mass is 10.1. The van der Waals surface area contributed by atoms with Gasteiger partial charge in [-0.1, -0.05) is 24.3 Å². The van der Waals surface area contributed by atoms with Crippen molar-refractivity contribution in [2.75, 3.05) is 32.8 Å². The molecule has 3 heterocycles. The zero-order valence-corrected chi connectivity index (χ0v) is 19.5. The van der Waals surface area contributed by atoms with Gasteiger partial charge in [0.05, 0.1) is 12.7 Å². The van der Waals surface area contributed by atoms with Crippen LogP contribution in [0.1, 0.15) is 47.2 Å². The fraction of sp³-hybridized carbons (Fsp3) is 0.522. The normalized spacial score (nSPS) is 20.5. The largest absolute Gasteiger partial charge is 0.455 e. The summed E-state index contributed by atoms with van der Waals surface area (Å²) in [5, 5.41) is 2.84. The highest BCUT2D eigenvalue weighted by Crippen LogP contribution is 2.26. The maximum Gasteiger partial charge on any atom is 0.287 e. The van der Waals surface area contributed by atoms with Crippen molar-refractivity contribution in [3.63, 3.8) is 0 Å². The first kappa shape index (κ1) is 23.0. The Hall–Kier alpha value is -2.20. The van der Waals surface area contributed by atoms with E-state index in [9.17, 15) is 13.2 Å². The Morgan fingerprint density at radius 3 is 2.66 bits per heavy atom. The van der Waals surface area contributed by atoms with Gasteiger partial charge in [-0.3, -0.25) is 9.69 Å². The van der Waals surface area contributed by atoms with Gasteiger partial charge in [0.25, 0.3) is 5.91 Å². The van der Waals surface area contributed by atoms with Crippen molar-refractivity contribution in [3.8, 4) is 0 Å². The number of aryl methyl sites for hydroxylation is 1. The lowest BCUT2D eigenvalue weighted by Crippen LogP contribution is -2.40. The Kier molecular flexibility index (Phi) is 6.99. The number of nitrogens with zero attached hydrogens (tertiary/aromatic N) is 2. The van der Waals surface area contributed by atoms with Crippen molar-refractivity contribution in [1.82, 2.24) is 14.5 Å². The standard InChI is InChI=1S/C23H31N3O5S/c1-17-15-25(10-11-30-17)16-20-7-5-6-19(12-20)14-24-23(27)21-13-22(18(2)31-21)32(28,29)26-8-3-4-9-26/h5-7,12-13,17H,3-4,8-11,14-16H2,1-2H3,(H,24,27). The molecular weight excluding hydrogens is 430 g/mol. The number of rotatable bonds is 7. The molecule has 1 aromatic carbocycles. The van der Waals surface area contributed by atoms with Gasteiger partial charge >= 0.3 is 0 Å². The van der Waals surface area contributed by atoms with E-state index in [-0.39, 0.29) is 22.5 Å². The van der Waals surface area contributed by atoms with Crippen molar-refractivity contribution >= 4 is 15.9 Å². The van der Waals surface area contributed by atoms with Crippen LogP contribution >= 0.6 is 0 Å². The smallest absolute Gasteiger partial charge is 0.287 e. The highest BCUT2D eigenvalue weighted by molar-refractivity contribution is 7.89. The Bertz CT molecular complexity index is 1060. The SMILES string of the molecule is Cc1oc(C(=O)NCc2cccc(CN3CCOC(C)C3)c2)cc1S(=O)(=O)N1CCCC1.